The first-order chi connectivity index (χ1) is 8.34. The van der Waals surface area contributed by atoms with Crippen LogP contribution in [0.4, 0.5) is 10.1 Å². The Hall–Kier alpha value is -1.76. The molecule has 94 valence electrons. The van der Waals surface area contributed by atoms with Gasteiger partial charge >= 0.3 is 5.97 Å². The van der Waals surface area contributed by atoms with Crippen molar-refractivity contribution in [1.29, 1.82) is 0 Å². The molecule has 1 aromatic carbocycles. The number of carboxylic acids is 1. The van der Waals surface area contributed by atoms with Crippen LogP contribution in [0.2, 0.25) is 0 Å². The second-order valence-corrected chi connectivity index (χ2v) is 4.66. The number of ketones is 1. The predicted molar refractivity (Wildman–Crippen MR) is 63.0 cm³/mol. The normalized spacial score (nSPS) is 15.8. The molecule has 1 aliphatic heterocycles. The maximum atomic E-state index is 13.4. The van der Waals surface area contributed by atoms with Crippen LogP contribution in [0.3, 0.4) is 0 Å². The van der Waals surface area contributed by atoms with Crippen LogP contribution in [-0.4, -0.2) is 28.8 Å². The van der Waals surface area contributed by atoms with Gasteiger partial charge in [-0.3, -0.25) is 14.5 Å². The van der Waals surface area contributed by atoms with Crippen molar-refractivity contribution < 1.29 is 23.9 Å². The van der Waals surface area contributed by atoms with Gasteiger partial charge in [-0.1, -0.05) is 0 Å². The summed E-state index contributed by atoms with van der Waals surface area (Å²) in [4.78, 5) is 35.1. The third kappa shape index (κ3) is 1.71. The summed E-state index contributed by atoms with van der Waals surface area (Å²) in [5.74, 6) is -3.73. The van der Waals surface area contributed by atoms with E-state index in [9.17, 15) is 18.8 Å². The molecule has 1 aromatic rings. The molecule has 0 saturated heterocycles. The molecule has 7 heteroatoms. The van der Waals surface area contributed by atoms with E-state index < -0.39 is 29.5 Å². The van der Waals surface area contributed by atoms with Crippen LogP contribution in [0.1, 0.15) is 17.3 Å². The maximum Gasteiger partial charge on any atom is 0.326 e. The average molecular weight is 316 g/mol. The van der Waals surface area contributed by atoms with Gasteiger partial charge in [0.05, 0.1) is 15.7 Å². The van der Waals surface area contributed by atoms with Crippen molar-refractivity contribution in [2.45, 2.75) is 13.0 Å². The van der Waals surface area contributed by atoms with Crippen LogP contribution in [0.15, 0.2) is 16.6 Å². The number of anilines is 1. The molecule has 0 radical (unpaired) electrons. The highest BCUT2D eigenvalue weighted by Crippen LogP contribution is 2.34. The monoisotopic (exact) mass is 315 g/mol. The molecule has 18 heavy (non-hydrogen) atoms. The van der Waals surface area contributed by atoms with Gasteiger partial charge in [-0.15, -0.1) is 0 Å². The van der Waals surface area contributed by atoms with Crippen molar-refractivity contribution in [1.82, 2.24) is 0 Å². The van der Waals surface area contributed by atoms with Gasteiger partial charge < -0.3 is 5.11 Å². The predicted octanol–water partition coefficient (Wildman–Crippen LogP) is 1.59. The van der Waals surface area contributed by atoms with Crippen LogP contribution in [0.25, 0.3) is 0 Å². The van der Waals surface area contributed by atoms with Crippen molar-refractivity contribution in [2.24, 2.45) is 0 Å². The van der Waals surface area contributed by atoms with Gasteiger partial charge in [0.2, 0.25) is 0 Å². The van der Waals surface area contributed by atoms with Crippen molar-refractivity contribution in [3.63, 3.8) is 0 Å². The van der Waals surface area contributed by atoms with Gasteiger partial charge in [0.1, 0.15) is 11.9 Å². The third-order valence-electron chi connectivity index (χ3n) is 2.70. The molecule has 0 aliphatic carbocycles. The molecule has 1 aliphatic rings. The number of benzene rings is 1. The molecule has 0 spiro atoms. The van der Waals surface area contributed by atoms with Gasteiger partial charge in [0.25, 0.3) is 11.7 Å². The fourth-order valence-electron chi connectivity index (χ4n) is 1.75. The Morgan fingerprint density at radius 2 is 2.06 bits per heavy atom. The summed E-state index contributed by atoms with van der Waals surface area (Å²) in [6.07, 6.45) is 0. The Morgan fingerprint density at radius 1 is 1.44 bits per heavy atom. The van der Waals surface area contributed by atoms with Crippen LogP contribution in [0, 0.1) is 5.82 Å². The van der Waals surface area contributed by atoms with E-state index >= 15 is 0 Å². The van der Waals surface area contributed by atoms with E-state index in [1.807, 2.05) is 0 Å². The highest BCUT2D eigenvalue weighted by molar-refractivity contribution is 9.10. The Morgan fingerprint density at radius 3 is 2.61 bits per heavy atom. The molecule has 1 atom stereocenters. The molecule has 2 rings (SSSR count). The molecular formula is C11H7BrFNO4. The first-order valence-electron chi connectivity index (χ1n) is 4.94. The van der Waals surface area contributed by atoms with Crippen LogP contribution in [0.5, 0.6) is 0 Å². The van der Waals surface area contributed by atoms with Gasteiger partial charge in [-0.2, -0.15) is 0 Å². The standard InChI is InChI=1S/C11H7BrFNO4/c1-4(11(17)18)14-8-3-7(13)6(12)2-5(8)9(15)10(14)16/h2-4H,1H3,(H,17,18). The Kier molecular flexibility index (Phi) is 2.94. The average Bonchev–Trinajstić information content (AvgIpc) is 2.53. The molecule has 1 unspecified atom stereocenters. The zero-order valence-electron chi connectivity index (χ0n) is 9.11. The number of hydrogen-bond donors (Lipinski definition) is 1. The zero-order valence-corrected chi connectivity index (χ0v) is 10.7. The lowest BCUT2D eigenvalue weighted by Gasteiger charge is -2.20. The molecule has 0 bridgehead atoms. The summed E-state index contributed by atoms with van der Waals surface area (Å²) in [5, 5.41) is 8.89. The van der Waals surface area contributed by atoms with E-state index in [0.29, 0.717) is 0 Å². The van der Waals surface area contributed by atoms with Gasteiger partial charge in [-0.25, -0.2) is 9.18 Å². The summed E-state index contributed by atoms with van der Waals surface area (Å²) in [7, 11) is 0. The highest BCUT2D eigenvalue weighted by Gasteiger charge is 2.41. The number of Topliss-reactive ketones (excluding diaryl/α,β-unsaturated/α-hetero) is 1. The lowest BCUT2D eigenvalue weighted by atomic mass is 10.1. The van der Waals surface area contributed by atoms with Crippen molar-refractivity contribution in [2.75, 3.05) is 4.90 Å². The van der Waals surface area contributed by atoms with Crippen LogP contribution in [-0.2, 0) is 9.59 Å². The quantitative estimate of drug-likeness (QED) is 0.841. The number of carboxylic acid groups (broad SMARTS) is 1. The Bertz CT molecular complexity index is 587. The number of halogens is 2. The number of rotatable bonds is 2. The fraction of sp³-hybridized carbons (Fsp3) is 0.182. The van der Waals surface area contributed by atoms with Crippen molar-refractivity contribution >= 4 is 39.3 Å². The number of fused-ring (bicyclic) bond motifs is 1. The summed E-state index contributed by atoms with van der Waals surface area (Å²) in [6.45, 7) is 1.25. The lowest BCUT2D eigenvalue weighted by molar-refractivity contribution is -0.139. The fourth-order valence-corrected chi connectivity index (χ4v) is 2.09. The van der Waals surface area contributed by atoms with E-state index in [-0.39, 0.29) is 15.7 Å². The molecule has 0 fully saturated rings. The second kappa shape index (κ2) is 4.16. The number of aliphatic carboxylic acids is 1. The van der Waals surface area contributed by atoms with E-state index in [1.54, 1.807) is 0 Å². The number of amides is 1. The molecule has 1 heterocycles. The summed E-state index contributed by atoms with van der Waals surface area (Å²) in [5.41, 5.74) is -0.0121. The number of hydrogen-bond acceptors (Lipinski definition) is 3. The van der Waals surface area contributed by atoms with E-state index in [4.69, 9.17) is 5.11 Å². The molecule has 0 aromatic heterocycles. The largest absolute Gasteiger partial charge is 0.480 e. The maximum absolute atomic E-state index is 13.4. The minimum absolute atomic E-state index is 0.00127. The van der Waals surface area contributed by atoms with Gasteiger partial charge in [0.15, 0.2) is 0 Å². The molecule has 5 nitrogen and oxygen atoms in total. The lowest BCUT2D eigenvalue weighted by Crippen LogP contribution is -2.42. The van der Waals surface area contributed by atoms with E-state index in [1.165, 1.54) is 13.0 Å². The first kappa shape index (κ1) is 12.7. The SMILES string of the molecule is CC(C(=O)O)N1C(=O)C(=O)c2cc(Br)c(F)cc21. The van der Waals surface area contributed by atoms with E-state index in [0.717, 1.165) is 11.0 Å². The smallest absolute Gasteiger partial charge is 0.326 e. The summed E-state index contributed by atoms with van der Waals surface area (Å²) in [6, 6.07) is 0.921. The van der Waals surface area contributed by atoms with Gasteiger partial charge in [0, 0.05) is 0 Å². The van der Waals surface area contributed by atoms with E-state index in [2.05, 4.69) is 15.9 Å². The van der Waals surface area contributed by atoms with Crippen LogP contribution >= 0.6 is 15.9 Å². The van der Waals surface area contributed by atoms with Crippen molar-refractivity contribution in [3.05, 3.63) is 28.0 Å². The molecule has 1 N–H and O–H groups in total. The zero-order chi connectivity index (χ0) is 13.6. The summed E-state index contributed by atoms with van der Waals surface area (Å²) < 4.78 is 13.5. The Labute approximate surface area is 109 Å². The minimum atomic E-state index is -1.27. The Balaban J connectivity index is 2.62. The molecule has 0 saturated carbocycles. The first-order valence-corrected chi connectivity index (χ1v) is 5.73. The third-order valence-corrected chi connectivity index (χ3v) is 3.31. The van der Waals surface area contributed by atoms with Crippen molar-refractivity contribution in [3.8, 4) is 0 Å². The highest BCUT2D eigenvalue weighted by atomic mass is 79.9. The molecular weight excluding hydrogens is 309 g/mol. The number of carbonyl (C=O) groups is 3. The molecule has 1 amide bonds. The number of nitrogens with zero attached hydrogens (tertiary/aromatic N) is 1. The topological polar surface area (TPSA) is 74.7 Å². The second-order valence-electron chi connectivity index (χ2n) is 3.80. The van der Waals surface area contributed by atoms with Crippen LogP contribution < -0.4 is 4.90 Å². The summed E-state index contributed by atoms with van der Waals surface area (Å²) >= 11 is 2.91. The number of carbonyl (C=O) groups excluding carboxylic acids is 2. The minimum Gasteiger partial charge on any atom is -0.480 e. The van der Waals surface area contributed by atoms with Gasteiger partial charge in [-0.05, 0) is 35.0 Å².